The largest absolute Gasteiger partial charge is 0.323 e. The van der Waals surface area contributed by atoms with Crippen molar-refractivity contribution in [1.29, 1.82) is 0 Å². The topological polar surface area (TPSA) is 33.4 Å². The molecule has 3 heterocycles. The Morgan fingerprint density at radius 1 is 1.08 bits per heavy atom. The maximum Gasteiger partial charge on any atom is 0.163 e. The highest BCUT2D eigenvalue weighted by Crippen LogP contribution is 2.42. The van der Waals surface area contributed by atoms with E-state index in [0.717, 1.165) is 22.8 Å². The quantitative estimate of drug-likeness (QED) is 0.709. The average molecular weight is 359 g/mol. The van der Waals surface area contributed by atoms with Crippen LogP contribution in [-0.2, 0) is 0 Å². The van der Waals surface area contributed by atoms with E-state index in [4.69, 9.17) is 33.3 Å². The lowest BCUT2D eigenvalue weighted by Crippen LogP contribution is -2.33. The number of hydrogen-bond acceptors (Lipinski definition) is 3. The lowest BCUT2D eigenvalue weighted by atomic mass is 10.0. The molecule has 2 aliphatic heterocycles. The minimum Gasteiger partial charge on any atom is -0.323 e. The first kappa shape index (κ1) is 15.5. The zero-order valence-electron chi connectivity index (χ0n) is 13.6. The summed E-state index contributed by atoms with van der Waals surface area (Å²) in [7, 11) is 0. The summed E-state index contributed by atoms with van der Waals surface area (Å²) in [5.74, 6) is 1.53. The first-order chi connectivity index (χ1) is 11.5. The molecule has 0 saturated carbocycles. The van der Waals surface area contributed by atoms with Gasteiger partial charge in [0, 0.05) is 11.8 Å². The molecule has 0 spiro atoms. The molecule has 6 heteroatoms. The maximum atomic E-state index is 6.38. The van der Waals surface area contributed by atoms with Gasteiger partial charge >= 0.3 is 0 Å². The van der Waals surface area contributed by atoms with Crippen LogP contribution in [0.1, 0.15) is 29.8 Å². The van der Waals surface area contributed by atoms with Gasteiger partial charge in [0.15, 0.2) is 11.7 Å². The fourth-order valence-electron chi connectivity index (χ4n) is 3.18. The minimum atomic E-state index is 0.0582. The van der Waals surface area contributed by atoms with E-state index < -0.39 is 0 Å². The molecule has 2 aliphatic rings. The molecule has 1 aromatic heterocycles. The molecular weight excluding hydrogens is 343 g/mol. The van der Waals surface area contributed by atoms with Crippen molar-refractivity contribution < 1.29 is 0 Å². The number of aryl methyl sites for hydroxylation is 2. The van der Waals surface area contributed by atoms with Crippen molar-refractivity contribution in [2.75, 3.05) is 0 Å². The average Bonchev–Trinajstić information content (AvgIpc) is 2.87. The highest BCUT2D eigenvalue weighted by molar-refractivity contribution is 6.45. The standard InChI is InChI=1S/C18H16Cl2N4/c1-10-4-6-14(7-5-10)24-18-16(11(2)22-24)12(3)23-9-13(19)8-15(20)17(23)21-18/h4-9,12H,1-3H3/t12-/m1/s1. The zero-order valence-corrected chi connectivity index (χ0v) is 15.1. The van der Waals surface area contributed by atoms with Gasteiger partial charge in [0.05, 0.1) is 27.5 Å². The van der Waals surface area contributed by atoms with Gasteiger partial charge in [-0.1, -0.05) is 40.9 Å². The van der Waals surface area contributed by atoms with Crippen molar-refractivity contribution in [1.82, 2.24) is 14.7 Å². The van der Waals surface area contributed by atoms with Gasteiger partial charge in [-0.25, -0.2) is 9.67 Å². The van der Waals surface area contributed by atoms with Crippen LogP contribution >= 0.6 is 23.2 Å². The van der Waals surface area contributed by atoms with E-state index in [1.165, 1.54) is 5.56 Å². The van der Waals surface area contributed by atoms with E-state index in [1.54, 1.807) is 6.08 Å². The Bertz CT molecular complexity index is 919. The number of hydrogen-bond donors (Lipinski definition) is 0. The third-order valence-corrected chi connectivity index (χ3v) is 4.88. The third kappa shape index (κ3) is 2.29. The molecule has 122 valence electrons. The summed E-state index contributed by atoms with van der Waals surface area (Å²) in [6, 6.07) is 8.30. The summed E-state index contributed by atoms with van der Waals surface area (Å²) >= 11 is 12.5. The molecule has 0 amide bonds. The molecular formula is C18H16Cl2N4. The van der Waals surface area contributed by atoms with E-state index in [1.807, 2.05) is 34.8 Å². The van der Waals surface area contributed by atoms with Crippen molar-refractivity contribution in [3.63, 3.8) is 0 Å². The highest BCUT2D eigenvalue weighted by atomic mass is 35.5. The maximum absolute atomic E-state index is 6.38. The number of halogens is 2. The van der Waals surface area contributed by atoms with Crippen LogP contribution in [0.4, 0.5) is 5.82 Å². The van der Waals surface area contributed by atoms with Gasteiger partial charge in [-0.15, -0.1) is 0 Å². The second kappa shape index (κ2) is 5.50. The van der Waals surface area contributed by atoms with Gasteiger partial charge < -0.3 is 4.90 Å². The molecule has 0 unspecified atom stereocenters. The van der Waals surface area contributed by atoms with Crippen LogP contribution in [0.15, 0.2) is 51.6 Å². The van der Waals surface area contributed by atoms with E-state index >= 15 is 0 Å². The van der Waals surface area contributed by atoms with Crippen molar-refractivity contribution >= 4 is 34.9 Å². The minimum absolute atomic E-state index is 0.0582. The van der Waals surface area contributed by atoms with E-state index in [-0.39, 0.29) is 6.04 Å². The molecule has 24 heavy (non-hydrogen) atoms. The Labute approximate surface area is 150 Å². The Balaban J connectivity index is 1.92. The number of amidine groups is 1. The molecule has 1 atom stereocenters. The summed E-state index contributed by atoms with van der Waals surface area (Å²) in [5, 5.41) is 5.84. The number of aliphatic imine (C=N–C) groups is 1. The van der Waals surface area contributed by atoms with Crippen molar-refractivity contribution in [3.8, 4) is 5.69 Å². The summed E-state index contributed by atoms with van der Waals surface area (Å²) in [5.41, 5.74) is 4.24. The Hall–Kier alpha value is -2.04. The van der Waals surface area contributed by atoms with Crippen molar-refractivity contribution in [2.45, 2.75) is 26.8 Å². The first-order valence-corrected chi connectivity index (χ1v) is 8.50. The predicted octanol–water partition coefficient (Wildman–Crippen LogP) is 5.11. The van der Waals surface area contributed by atoms with E-state index in [2.05, 4.69) is 26.0 Å². The first-order valence-electron chi connectivity index (χ1n) is 7.74. The van der Waals surface area contributed by atoms with E-state index in [0.29, 0.717) is 15.9 Å². The van der Waals surface area contributed by atoms with Crippen LogP contribution in [0.3, 0.4) is 0 Å². The van der Waals surface area contributed by atoms with Crippen LogP contribution in [0.5, 0.6) is 0 Å². The molecule has 0 fully saturated rings. The molecule has 0 aliphatic carbocycles. The number of benzene rings is 1. The summed E-state index contributed by atoms with van der Waals surface area (Å²) in [6.45, 7) is 6.18. The number of nitrogens with zero attached hydrogens (tertiary/aromatic N) is 4. The van der Waals surface area contributed by atoms with Crippen molar-refractivity contribution in [3.05, 3.63) is 63.4 Å². The lowest BCUT2D eigenvalue weighted by molar-refractivity contribution is 0.433. The number of fused-ring (bicyclic) bond motifs is 2. The Morgan fingerprint density at radius 3 is 2.50 bits per heavy atom. The number of allylic oxidation sites excluding steroid dienone is 2. The van der Waals surface area contributed by atoms with Crippen LogP contribution in [-0.4, -0.2) is 20.5 Å². The highest BCUT2D eigenvalue weighted by Gasteiger charge is 2.34. The molecule has 0 saturated heterocycles. The summed E-state index contributed by atoms with van der Waals surface area (Å²) in [4.78, 5) is 6.79. The van der Waals surface area contributed by atoms with Gasteiger partial charge in [0.25, 0.3) is 0 Å². The number of rotatable bonds is 1. The smallest absolute Gasteiger partial charge is 0.163 e. The molecule has 1 aromatic carbocycles. The second-order valence-electron chi connectivity index (χ2n) is 6.09. The van der Waals surface area contributed by atoms with Crippen LogP contribution in [0, 0.1) is 13.8 Å². The summed E-state index contributed by atoms with van der Waals surface area (Å²) in [6.07, 6.45) is 3.58. The molecule has 0 bridgehead atoms. The summed E-state index contributed by atoms with van der Waals surface area (Å²) < 4.78 is 1.88. The van der Waals surface area contributed by atoms with Crippen LogP contribution in [0.2, 0.25) is 0 Å². The normalized spacial score (nSPS) is 19.3. The molecule has 0 radical (unpaired) electrons. The van der Waals surface area contributed by atoms with Gasteiger partial charge in [0.2, 0.25) is 0 Å². The molecule has 4 nitrogen and oxygen atoms in total. The molecule has 2 aromatic rings. The third-order valence-electron chi connectivity index (χ3n) is 4.39. The monoisotopic (exact) mass is 358 g/mol. The van der Waals surface area contributed by atoms with E-state index in [9.17, 15) is 0 Å². The number of aromatic nitrogens is 2. The van der Waals surface area contributed by atoms with Gasteiger partial charge in [-0.2, -0.15) is 5.10 Å². The lowest BCUT2D eigenvalue weighted by Gasteiger charge is -2.34. The van der Waals surface area contributed by atoms with Crippen LogP contribution in [0.25, 0.3) is 5.69 Å². The fourth-order valence-corrected chi connectivity index (χ4v) is 3.70. The van der Waals surface area contributed by atoms with Crippen molar-refractivity contribution in [2.24, 2.45) is 4.99 Å². The Kier molecular flexibility index (Phi) is 3.55. The van der Waals surface area contributed by atoms with Gasteiger partial charge in [-0.3, -0.25) is 0 Å². The molecule has 0 N–H and O–H groups in total. The SMILES string of the molecule is Cc1ccc(-n2nc(C)c3c2N=C2C(Cl)=CC(Cl)=CN2[C@@H]3C)cc1. The fraction of sp³-hybridized carbons (Fsp3) is 0.222. The zero-order chi connectivity index (χ0) is 17.0. The molecule has 4 rings (SSSR count). The Morgan fingerprint density at radius 2 is 1.79 bits per heavy atom. The predicted molar refractivity (Wildman–Crippen MR) is 98.3 cm³/mol. The second-order valence-corrected chi connectivity index (χ2v) is 6.94. The van der Waals surface area contributed by atoms with Crippen LogP contribution < -0.4 is 0 Å². The van der Waals surface area contributed by atoms with Gasteiger partial charge in [0.1, 0.15) is 0 Å². The van der Waals surface area contributed by atoms with Gasteiger partial charge in [-0.05, 0) is 39.0 Å².